The predicted molar refractivity (Wildman–Crippen MR) is 175 cm³/mol. The molecule has 2 fully saturated rings. The normalized spacial score (nSPS) is 23.1. The molecule has 0 aromatic heterocycles. The van der Waals surface area contributed by atoms with Gasteiger partial charge in [-0.25, -0.2) is 4.79 Å². The topological polar surface area (TPSA) is 157 Å². The van der Waals surface area contributed by atoms with Crippen LogP contribution in [0.5, 0.6) is 0 Å². The first-order chi connectivity index (χ1) is 22.4. The molecule has 1 aliphatic carbocycles. The molecule has 2 heterocycles. The second kappa shape index (κ2) is 14.5. The van der Waals surface area contributed by atoms with Crippen LogP contribution in [0.2, 0.25) is 0 Å². The van der Waals surface area contributed by atoms with Gasteiger partial charge in [0, 0.05) is 32.3 Å². The Morgan fingerprint density at radius 3 is 2.00 bits per heavy atom. The van der Waals surface area contributed by atoms with E-state index in [1.807, 2.05) is 19.9 Å². The molecule has 2 unspecified atom stereocenters. The maximum absolute atomic E-state index is 14.3. The zero-order valence-electron chi connectivity index (χ0n) is 29.6. The van der Waals surface area contributed by atoms with Crippen molar-refractivity contribution in [2.45, 2.75) is 105 Å². The number of halogens is 3. The fraction of sp³-hybridized carbons (Fsp3) is 0.706. The molecule has 0 radical (unpaired) electrons. The summed E-state index contributed by atoms with van der Waals surface area (Å²) in [5.74, 6) is -4.70. The molecule has 6 atom stereocenters. The van der Waals surface area contributed by atoms with Crippen molar-refractivity contribution in [1.82, 2.24) is 31.1 Å². The number of hydrogen-bond donors (Lipinski definition) is 4. The van der Waals surface area contributed by atoms with Crippen molar-refractivity contribution in [2.24, 2.45) is 28.1 Å². The molecule has 0 spiro atoms. The van der Waals surface area contributed by atoms with E-state index < -0.39 is 89.0 Å². The summed E-state index contributed by atoms with van der Waals surface area (Å²) in [5, 5.41) is 10.0. The van der Waals surface area contributed by atoms with Crippen LogP contribution in [-0.2, 0) is 24.0 Å². The van der Waals surface area contributed by atoms with Gasteiger partial charge in [0.05, 0.1) is 6.04 Å². The summed E-state index contributed by atoms with van der Waals surface area (Å²) in [4.78, 5) is 83.1. The second-order valence-corrected chi connectivity index (χ2v) is 15.9. The lowest BCUT2D eigenvalue weighted by Crippen LogP contribution is -2.63. The van der Waals surface area contributed by atoms with Crippen molar-refractivity contribution in [3.8, 4) is 0 Å². The average molecular weight is 697 g/mol. The first kappa shape index (κ1) is 39.5. The van der Waals surface area contributed by atoms with E-state index in [2.05, 4.69) is 27.8 Å². The fourth-order valence-corrected chi connectivity index (χ4v) is 6.66. The van der Waals surface area contributed by atoms with Crippen molar-refractivity contribution in [3.05, 3.63) is 24.9 Å². The van der Waals surface area contributed by atoms with Crippen LogP contribution in [-0.4, -0.2) is 95.2 Å². The third-order valence-corrected chi connectivity index (χ3v) is 9.62. The molecule has 0 aromatic carbocycles. The Kier molecular flexibility index (Phi) is 11.7. The zero-order valence-corrected chi connectivity index (χ0v) is 29.6. The molecule has 49 heavy (non-hydrogen) atoms. The molecular formula is C34H51F3N6O6. The van der Waals surface area contributed by atoms with Crippen LogP contribution in [0.25, 0.3) is 0 Å². The van der Waals surface area contributed by atoms with Gasteiger partial charge in [-0.3, -0.25) is 24.0 Å². The number of fused-ring (bicyclic) bond motifs is 1. The van der Waals surface area contributed by atoms with Gasteiger partial charge in [0.15, 0.2) is 0 Å². The van der Waals surface area contributed by atoms with Crippen LogP contribution >= 0.6 is 0 Å². The van der Waals surface area contributed by atoms with Gasteiger partial charge in [0.1, 0.15) is 18.1 Å². The maximum atomic E-state index is 14.3. The van der Waals surface area contributed by atoms with E-state index in [-0.39, 0.29) is 30.8 Å². The fourth-order valence-electron chi connectivity index (χ4n) is 6.66. The molecule has 1 saturated heterocycles. The number of piperidine rings is 1. The summed E-state index contributed by atoms with van der Waals surface area (Å²) in [6.45, 7) is 18.3. The molecule has 2 aliphatic heterocycles. The number of rotatable bonds is 12. The first-order valence-corrected chi connectivity index (χ1v) is 16.6. The van der Waals surface area contributed by atoms with Crippen molar-refractivity contribution in [1.29, 1.82) is 0 Å². The highest BCUT2D eigenvalue weighted by atomic mass is 19.4. The van der Waals surface area contributed by atoms with E-state index in [4.69, 9.17) is 0 Å². The van der Waals surface area contributed by atoms with Gasteiger partial charge in [0.2, 0.25) is 23.5 Å². The molecule has 3 rings (SSSR count). The van der Waals surface area contributed by atoms with E-state index in [9.17, 15) is 41.9 Å². The molecule has 6 amide bonds. The number of alkyl halides is 3. The van der Waals surface area contributed by atoms with Crippen LogP contribution in [0.3, 0.4) is 0 Å². The van der Waals surface area contributed by atoms with Crippen LogP contribution in [0.4, 0.5) is 18.0 Å². The van der Waals surface area contributed by atoms with Gasteiger partial charge < -0.3 is 31.1 Å². The summed E-state index contributed by atoms with van der Waals surface area (Å²) in [5.41, 5.74) is -1.96. The van der Waals surface area contributed by atoms with Crippen molar-refractivity contribution in [2.75, 3.05) is 19.6 Å². The Bertz CT molecular complexity index is 1370. The number of nitrogens with zero attached hydrogens (tertiary/aromatic N) is 2. The monoisotopic (exact) mass is 696 g/mol. The minimum Gasteiger partial charge on any atom is -0.346 e. The van der Waals surface area contributed by atoms with Crippen molar-refractivity contribution in [3.63, 3.8) is 0 Å². The molecular weight excluding hydrogens is 645 g/mol. The molecule has 0 aromatic rings. The van der Waals surface area contributed by atoms with Gasteiger partial charge in [-0.15, -0.1) is 6.58 Å². The predicted octanol–water partition coefficient (Wildman–Crippen LogP) is 3.04. The van der Waals surface area contributed by atoms with Gasteiger partial charge in [-0.05, 0) is 40.9 Å². The maximum Gasteiger partial charge on any atom is 0.389 e. The van der Waals surface area contributed by atoms with Crippen LogP contribution < -0.4 is 21.3 Å². The van der Waals surface area contributed by atoms with Gasteiger partial charge in [-0.1, -0.05) is 67.5 Å². The number of nitrogens with one attached hydrogen (secondary N) is 4. The molecule has 1 saturated carbocycles. The Morgan fingerprint density at radius 2 is 1.51 bits per heavy atom. The first-order valence-electron chi connectivity index (χ1n) is 16.6. The van der Waals surface area contributed by atoms with Crippen molar-refractivity contribution >= 4 is 35.4 Å². The number of carbonyl (C=O) groups excluding carboxylic acids is 6. The van der Waals surface area contributed by atoms with Crippen LogP contribution in [0.1, 0.15) is 74.7 Å². The lowest BCUT2D eigenvalue weighted by Gasteiger charge is -2.38. The van der Waals surface area contributed by atoms with E-state index >= 15 is 0 Å². The van der Waals surface area contributed by atoms with Crippen molar-refractivity contribution < 1.29 is 41.9 Å². The van der Waals surface area contributed by atoms with Crippen LogP contribution in [0, 0.1) is 28.1 Å². The average Bonchev–Trinajstić information content (AvgIpc) is 3.42. The third-order valence-electron chi connectivity index (χ3n) is 9.62. The summed E-state index contributed by atoms with van der Waals surface area (Å²) in [6.07, 6.45) is -1.46. The van der Waals surface area contributed by atoms with E-state index in [0.29, 0.717) is 13.0 Å². The summed E-state index contributed by atoms with van der Waals surface area (Å²) in [6, 6.07) is -5.85. The molecule has 15 heteroatoms. The molecule has 0 bridgehead atoms. The molecule has 12 nitrogen and oxygen atoms in total. The molecule has 4 N–H and O–H groups in total. The standard InChI is InChI=1S/C34H51F3N6O6/c1-10-15-38-27(46)23(44)20(13-14-34(35,36)37)39-26(45)22-21-19(33(21,8)9)18-43(22)29(48)25(32(5,6)7)41-30(49)40-24(31(2,3)4)28(47)42-16-11-12-17-42/h10-11,16,19-22,24-25H,1,12-15,17-18H2,2-9H3,(H,38,46)(H,39,45)(H2,40,41,49)/t19-,20?,21-,22?,24+,25+/m0/s1. The largest absolute Gasteiger partial charge is 0.389 e. The SMILES string of the molecule is C=CCNC(=O)C(=O)C(CCC(F)(F)F)NC(=O)C1[C@@H]2[C@H](CN1C(=O)[C@@H](NC(=O)N[C@H](C(=O)N1C=CCC1)C(C)(C)C)C(C)(C)C)C2(C)C. The van der Waals surface area contributed by atoms with Gasteiger partial charge >= 0.3 is 12.2 Å². The van der Waals surface area contributed by atoms with Crippen LogP contribution in [0.15, 0.2) is 24.9 Å². The summed E-state index contributed by atoms with van der Waals surface area (Å²) in [7, 11) is 0. The number of urea groups is 1. The molecule has 3 aliphatic rings. The Morgan fingerprint density at radius 1 is 0.939 bits per heavy atom. The lowest BCUT2D eigenvalue weighted by molar-refractivity contribution is -0.148. The quantitative estimate of drug-likeness (QED) is 0.182. The number of carbonyl (C=O) groups is 6. The second-order valence-electron chi connectivity index (χ2n) is 15.9. The smallest absolute Gasteiger partial charge is 0.346 e. The molecule has 274 valence electrons. The van der Waals surface area contributed by atoms with Gasteiger partial charge in [0.25, 0.3) is 5.91 Å². The number of hydrogen-bond acceptors (Lipinski definition) is 6. The Balaban J connectivity index is 1.86. The lowest BCUT2D eigenvalue weighted by atomic mass is 9.84. The highest BCUT2D eigenvalue weighted by Crippen LogP contribution is 2.65. The van der Waals surface area contributed by atoms with E-state index in [1.165, 1.54) is 15.9 Å². The number of ketones is 1. The Hall–Kier alpha value is -3.91. The summed E-state index contributed by atoms with van der Waals surface area (Å²) >= 11 is 0. The summed E-state index contributed by atoms with van der Waals surface area (Å²) < 4.78 is 39.5. The number of Topliss-reactive ketones (excluding diaryl/α,β-unsaturated/α-hetero) is 1. The number of likely N-dealkylation sites (tertiary alicyclic amines) is 1. The minimum absolute atomic E-state index is 0.109. The highest BCUT2D eigenvalue weighted by Gasteiger charge is 2.70. The third kappa shape index (κ3) is 9.41. The zero-order chi connectivity index (χ0) is 37.3. The van der Waals surface area contributed by atoms with Gasteiger partial charge in [-0.2, -0.15) is 13.2 Å². The van der Waals surface area contributed by atoms with E-state index in [1.54, 1.807) is 47.7 Å². The minimum atomic E-state index is -4.66. The van der Waals surface area contributed by atoms with E-state index in [0.717, 1.165) is 0 Å². The highest BCUT2D eigenvalue weighted by molar-refractivity contribution is 6.38. The number of amides is 6. The Labute approximate surface area is 286 Å².